The van der Waals surface area contributed by atoms with Crippen molar-refractivity contribution in [1.29, 1.82) is 0 Å². The lowest BCUT2D eigenvalue weighted by atomic mass is 10.1. The van der Waals surface area contributed by atoms with E-state index < -0.39 is 48.0 Å². The van der Waals surface area contributed by atoms with Gasteiger partial charge in [-0.25, -0.2) is 4.79 Å². The first-order valence-electron chi connectivity index (χ1n) is 12.2. The number of hydrogen-bond acceptors (Lipinski definition) is 9. The molecule has 200 valence electrons. The number of benzene rings is 2. The molecule has 0 bridgehead atoms. The molecule has 3 atom stereocenters. The highest BCUT2D eigenvalue weighted by Gasteiger charge is 2.25. The van der Waals surface area contributed by atoms with E-state index in [1.54, 1.807) is 77.9 Å². The molecule has 0 aromatic heterocycles. The van der Waals surface area contributed by atoms with Crippen LogP contribution in [0.15, 0.2) is 48.5 Å². The number of nitrogens with two attached hydrogens (primary N) is 1. The number of rotatable bonds is 11. The second-order valence-electron chi connectivity index (χ2n) is 9.36. The molecule has 0 radical (unpaired) electrons. The van der Waals surface area contributed by atoms with E-state index in [2.05, 4.69) is 0 Å². The summed E-state index contributed by atoms with van der Waals surface area (Å²) in [7, 11) is 0. The maximum absolute atomic E-state index is 12.6. The summed E-state index contributed by atoms with van der Waals surface area (Å²) >= 11 is 0. The largest absolute Gasteiger partial charge is 0.458 e. The first kappa shape index (κ1) is 29.5. The Labute approximate surface area is 217 Å². The molecular formula is C28H35NO8. The number of carbonyl (C=O) groups excluding carboxylic acids is 4. The van der Waals surface area contributed by atoms with Crippen molar-refractivity contribution in [2.24, 2.45) is 17.6 Å². The SMILES string of the molecule is CC(C)C(=O)Oc1ccc(C[C@H](N)C(=O)O[C@H](C)[C@H](C)OC(=O)c2ccccc2)cc1OC(=O)C(C)C. The first-order chi connectivity index (χ1) is 17.4. The van der Waals surface area contributed by atoms with E-state index in [4.69, 9.17) is 24.7 Å². The fraction of sp³-hybridized carbons (Fsp3) is 0.429. The molecule has 0 unspecified atom stereocenters. The second kappa shape index (κ2) is 13.5. The third kappa shape index (κ3) is 9.02. The molecule has 2 aromatic carbocycles. The van der Waals surface area contributed by atoms with Crippen molar-refractivity contribution in [3.8, 4) is 11.5 Å². The highest BCUT2D eigenvalue weighted by Crippen LogP contribution is 2.30. The lowest BCUT2D eigenvalue weighted by Gasteiger charge is -2.22. The number of carbonyl (C=O) groups is 4. The lowest BCUT2D eigenvalue weighted by molar-refractivity contribution is -0.155. The van der Waals surface area contributed by atoms with Gasteiger partial charge in [-0.05, 0) is 50.1 Å². The Balaban J connectivity index is 2.05. The van der Waals surface area contributed by atoms with Crippen LogP contribution >= 0.6 is 0 Å². The Kier molecular flexibility index (Phi) is 10.8. The lowest BCUT2D eigenvalue weighted by Crippen LogP contribution is -2.39. The van der Waals surface area contributed by atoms with Crippen molar-refractivity contribution in [3.05, 3.63) is 59.7 Å². The van der Waals surface area contributed by atoms with Crippen LogP contribution in [0.5, 0.6) is 11.5 Å². The smallest absolute Gasteiger partial charge is 0.338 e. The molecule has 0 amide bonds. The van der Waals surface area contributed by atoms with Gasteiger partial charge in [-0.15, -0.1) is 0 Å². The highest BCUT2D eigenvalue weighted by molar-refractivity contribution is 5.89. The van der Waals surface area contributed by atoms with Gasteiger partial charge in [0.2, 0.25) is 0 Å². The maximum Gasteiger partial charge on any atom is 0.338 e. The highest BCUT2D eigenvalue weighted by atomic mass is 16.6. The number of esters is 4. The number of hydrogen-bond donors (Lipinski definition) is 1. The zero-order chi connectivity index (χ0) is 27.7. The molecule has 0 heterocycles. The zero-order valence-corrected chi connectivity index (χ0v) is 22.1. The predicted octanol–water partition coefficient (Wildman–Crippen LogP) is 3.86. The summed E-state index contributed by atoms with van der Waals surface area (Å²) in [4.78, 5) is 49.1. The Morgan fingerprint density at radius 1 is 0.703 bits per heavy atom. The molecule has 9 heteroatoms. The maximum atomic E-state index is 12.6. The van der Waals surface area contributed by atoms with E-state index >= 15 is 0 Å². The van der Waals surface area contributed by atoms with Crippen LogP contribution in [0.2, 0.25) is 0 Å². The van der Waals surface area contributed by atoms with Gasteiger partial charge in [0.05, 0.1) is 17.4 Å². The van der Waals surface area contributed by atoms with Crippen LogP contribution in [0, 0.1) is 11.8 Å². The summed E-state index contributed by atoms with van der Waals surface area (Å²) in [6.07, 6.45) is -1.39. The van der Waals surface area contributed by atoms with Crippen LogP contribution in [-0.2, 0) is 30.3 Å². The fourth-order valence-corrected chi connectivity index (χ4v) is 2.91. The first-order valence-corrected chi connectivity index (χ1v) is 12.2. The predicted molar refractivity (Wildman–Crippen MR) is 136 cm³/mol. The topological polar surface area (TPSA) is 131 Å². The van der Waals surface area contributed by atoms with E-state index in [0.29, 0.717) is 11.1 Å². The van der Waals surface area contributed by atoms with Gasteiger partial charge in [0.15, 0.2) is 11.5 Å². The van der Waals surface area contributed by atoms with Gasteiger partial charge >= 0.3 is 23.9 Å². The Bertz CT molecular complexity index is 1100. The van der Waals surface area contributed by atoms with Gasteiger partial charge in [-0.2, -0.15) is 0 Å². The third-order valence-corrected chi connectivity index (χ3v) is 5.40. The van der Waals surface area contributed by atoms with Gasteiger partial charge in [-0.1, -0.05) is 52.0 Å². The number of ether oxygens (including phenoxy) is 4. The molecule has 0 spiro atoms. The molecule has 0 aliphatic rings. The van der Waals surface area contributed by atoms with Gasteiger partial charge in [0.25, 0.3) is 0 Å². The molecular weight excluding hydrogens is 478 g/mol. The van der Waals surface area contributed by atoms with Crippen LogP contribution in [0.25, 0.3) is 0 Å². The normalized spacial score (nSPS) is 13.4. The van der Waals surface area contributed by atoms with E-state index in [9.17, 15) is 19.2 Å². The second-order valence-corrected chi connectivity index (χ2v) is 9.36. The zero-order valence-electron chi connectivity index (χ0n) is 22.1. The van der Waals surface area contributed by atoms with Crippen molar-refractivity contribution in [2.75, 3.05) is 0 Å². The molecule has 9 nitrogen and oxygen atoms in total. The average Bonchev–Trinajstić information content (AvgIpc) is 2.85. The van der Waals surface area contributed by atoms with Crippen LogP contribution in [0.4, 0.5) is 0 Å². The third-order valence-electron chi connectivity index (χ3n) is 5.40. The molecule has 2 N–H and O–H groups in total. The summed E-state index contributed by atoms with van der Waals surface area (Å²) in [6.45, 7) is 9.96. The Hall–Kier alpha value is -3.72. The van der Waals surface area contributed by atoms with Crippen molar-refractivity contribution < 1.29 is 38.1 Å². The summed E-state index contributed by atoms with van der Waals surface area (Å²) in [5, 5.41) is 0. The van der Waals surface area contributed by atoms with Gasteiger partial charge < -0.3 is 24.7 Å². The minimum absolute atomic E-state index is 0.0561. The quantitative estimate of drug-likeness (QED) is 0.351. The molecule has 0 saturated heterocycles. The minimum atomic E-state index is -1.04. The standard InChI is InChI=1S/C28H35NO8/c1-16(2)25(30)36-23-13-12-20(15-24(23)37-26(31)17(3)4)14-22(29)28(33)35-19(6)18(5)34-27(32)21-10-8-7-9-11-21/h7-13,15-19,22H,14,29H2,1-6H3/t18-,19+,22-/m0/s1. The van der Waals surface area contributed by atoms with Crippen molar-refractivity contribution in [1.82, 2.24) is 0 Å². The van der Waals surface area contributed by atoms with E-state index in [-0.39, 0.29) is 23.8 Å². The van der Waals surface area contributed by atoms with Gasteiger partial charge in [0, 0.05) is 0 Å². The van der Waals surface area contributed by atoms with E-state index in [1.807, 2.05) is 0 Å². The molecule has 0 fully saturated rings. The molecule has 0 aliphatic heterocycles. The van der Waals surface area contributed by atoms with Crippen LogP contribution in [-0.4, -0.2) is 42.1 Å². The minimum Gasteiger partial charge on any atom is -0.458 e. The molecule has 2 rings (SSSR count). The van der Waals surface area contributed by atoms with E-state index in [0.717, 1.165) is 0 Å². The van der Waals surface area contributed by atoms with Crippen molar-refractivity contribution in [2.45, 2.75) is 66.2 Å². The molecule has 2 aromatic rings. The van der Waals surface area contributed by atoms with Crippen molar-refractivity contribution in [3.63, 3.8) is 0 Å². The van der Waals surface area contributed by atoms with Gasteiger partial charge in [0.1, 0.15) is 18.2 Å². The van der Waals surface area contributed by atoms with Crippen LogP contribution < -0.4 is 15.2 Å². The average molecular weight is 514 g/mol. The molecule has 0 aliphatic carbocycles. The molecule has 37 heavy (non-hydrogen) atoms. The summed E-state index contributed by atoms with van der Waals surface area (Å²) < 4.78 is 21.6. The van der Waals surface area contributed by atoms with Gasteiger partial charge in [-0.3, -0.25) is 14.4 Å². The molecule has 0 saturated carbocycles. The van der Waals surface area contributed by atoms with E-state index in [1.165, 1.54) is 12.1 Å². The van der Waals surface area contributed by atoms with Crippen LogP contribution in [0.3, 0.4) is 0 Å². The summed E-state index contributed by atoms with van der Waals surface area (Å²) in [6, 6.07) is 12.1. The van der Waals surface area contributed by atoms with Crippen LogP contribution in [0.1, 0.15) is 57.5 Å². The Morgan fingerprint density at radius 3 is 1.81 bits per heavy atom. The van der Waals surface area contributed by atoms with Crippen molar-refractivity contribution >= 4 is 23.9 Å². The fourth-order valence-electron chi connectivity index (χ4n) is 2.91. The Morgan fingerprint density at radius 2 is 1.24 bits per heavy atom. The summed E-state index contributed by atoms with van der Waals surface area (Å²) in [5.74, 6) is -2.84. The monoisotopic (exact) mass is 513 g/mol. The summed E-state index contributed by atoms with van der Waals surface area (Å²) in [5.41, 5.74) is 7.03.